The topological polar surface area (TPSA) is 52.1 Å². The average molecular weight is 310 g/mol. The summed E-state index contributed by atoms with van der Waals surface area (Å²) in [5.41, 5.74) is 2.15. The van der Waals surface area contributed by atoms with Gasteiger partial charge in [-0.15, -0.1) is 0 Å². The summed E-state index contributed by atoms with van der Waals surface area (Å²) in [4.78, 5) is 20.8. The quantitative estimate of drug-likeness (QED) is 0.798. The maximum atomic E-state index is 12.2. The van der Waals surface area contributed by atoms with Crippen molar-refractivity contribution in [1.82, 2.24) is 9.97 Å². The first-order valence-corrected chi connectivity index (χ1v) is 8.22. The van der Waals surface area contributed by atoms with Crippen molar-refractivity contribution in [1.29, 1.82) is 0 Å². The smallest absolute Gasteiger partial charge is 0.314 e. The SMILES string of the molecule is Cc1ccc(-c2ncc(OC(=O)C3CCC(C)CC3)cn2)cc1. The molecule has 0 saturated heterocycles. The molecule has 0 atom stereocenters. The van der Waals surface area contributed by atoms with Crippen LogP contribution in [-0.4, -0.2) is 15.9 Å². The maximum Gasteiger partial charge on any atom is 0.314 e. The number of aromatic nitrogens is 2. The van der Waals surface area contributed by atoms with E-state index in [9.17, 15) is 4.79 Å². The number of aryl methyl sites for hydroxylation is 1. The lowest BCUT2D eigenvalue weighted by molar-refractivity contribution is -0.140. The van der Waals surface area contributed by atoms with Gasteiger partial charge < -0.3 is 4.74 Å². The van der Waals surface area contributed by atoms with Crippen LogP contribution in [0.1, 0.15) is 38.2 Å². The Morgan fingerprint density at radius 2 is 1.65 bits per heavy atom. The van der Waals surface area contributed by atoms with Crippen LogP contribution in [0.3, 0.4) is 0 Å². The molecule has 0 aliphatic heterocycles. The van der Waals surface area contributed by atoms with Crippen molar-refractivity contribution in [3.05, 3.63) is 42.2 Å². The second-order valence-electron chi connectivity index (χ2n) is 6.49. The first kappa shape index (κ1) is 15.7. The lowest BCUT2D eigenvalue weighted by Crippen LogP contribution is -2.25. The van der Waals surface area contributed by atoms with Crippen molar-refractivity contribution >= 4 is 5.97 Å². The Balaban J connectivity index is 1.63. The van der Waals surface area contributed by atoms with Gasteiger partial charge in [0.05, 0.1) is 18.3 Å². The molecule has 0 radical (unpaired) electrons. The highest BCUT2D eigenvalue weighted by Crippen LogP contribution is 2.29. The first-order valence-electron chi connectivity index (χ1n) is 8.22. The average Bonchev–Trinajstić information content (AvgIpc) is 2.57. The predicted molar refractivity (Wildman–Crippen MR) is 89.0 cm³/mol. The summed E-state index contributed by atoms with van der Waals surface area (Å²) in [5, 5.41) is 0. The van der Waals surface area contributed by atoms with E-state index in [1.54, 1.807) is 12.4 Å². The van der Waals surface area contributed by atoms with E-state index < -0.39 is 0 Å². The zero-order valence-corrected chi connectivity index (χ0v) is 13.7. The number of carbonyl (C=O) groups excluding carboxylic acids is 1. The molecular formula is C19H22N2O2. The second kappa shape index (κ2) is 6.90. The number of carbonyl (C=O) groups is 1. The van der Waals surface area contributed by atoms with Crippen molar-refractivity contribution in [2.45, 2.75) is 39.5 Å². The van der Waals surface area contributed by atoms with E-state index in [2.05, 4.69) is 16.9 Å². The number of nitrogens with zero attached hydrogens (tertiary/aromatic N) is 2. The minimum atomic E-state index is -0.149. The van der Waals surface area contributed by atoms with Gasteiger partial charge >= 0.3 is 5.97 Å². The molecule has 0 unspecified atom stereocenters. The van der Waals surface area contributed by atoms with Gasteiger partial charge in [-0.3, -0.25) is 4.79 Å². The molecule has 1 fully saturated rings. The Morgan fingerprint density at radius 1 is 1.04 bits per heavy atom. The summed E-state index contributed by atoms with van der Waals surface area (Å²) in [6, 6.07) is 8.02. The molecule has 0 bridgehead atoms. The summed E-state index contributed by atoms with van der Waals surface area (Å²) < 4.78 is 5.44. The van der Waals surface area contributed by atoms with E-state index in [0.717, 1.165) is 37.2 Å². The Bertz CT molecular complexity index is 657. The molecule has 1 aliphatic carbocycles. The highest BCUT2D eigenvalue weighted by atomic mass is 16.5. The number of benzene rings is 1. The van der Waals surface area contributed by atoms with Gasteiger partial charge in [0, 0.05) is 5.56 Å². The molecule has 1 aromatic heterocycles. The van der Waals surface area contributed by atoms with E-state index in [4.69, 9.17) is 4.74 Å². The van der Waals surface area contributed by atoms with Crippen LogP contribution in [0.5, 0.6) is 5.75 Å². The van der Waals surface area contributed by atoms with Gasteiger partial charge in [0.25, 0.3) is 0 Å². The van der Waals surface area contributed by atoms with Crippen LogP contribution >= 0.6 is 0 Å². The third kappa shape index (κ3) is 3.95. The van der Waals surface area contributed by atoms with Gasteiger partial charge in [-0.2, -0.15) is 0 Å². The lowest BCUT2D eigenvalue weighted by atomic mass is 9.83. The van der Waals surface area contributed by atoms with Crippen LogP contribution in [0, 0.1) is 18.8 Å². The number of hydrogen-bond acceptors (Lipinski definition) is 4. The summed E-state index contributed by atoms with van der Waals surface area (Å²) in [6.07, 6.45) is 7.19. The van der Waals surface area contributed by atoms with Crippen molar-refractivity contribution in [2.75, 3.05) is 0 Å². The van der Waals surface area contributed by atoms with Crippen molar-refractivity contribution in [2.24, 2.45) is 11.8 Å². The van der Waals surface area contributed by atoms with Gasteiger partial charge in [0.1, 0.15) is 0 Å². The highest BCUT2D eigenvalue weighted by Gasteiger charge is 2.26. The standard InChI is InChI=1S/C19H22N2O2/c1-13-3-7-15(8-4-13)18-20-11-17(12-21-18)23-19(22)16-9-5-14(2)6-10-16/h3-4,7-8,11-12,14,16H,5-6,9-10H2,1-2H3. The molecule has 1 aromatic carbocycles. The van der Waals surface area contributed by atoms with Crippen LogP contribution in [0.15, 0.2) is 36.7 Å². The highest BCUT2D eigenvalue weighted by molar-refractivity contribution is 5.75. The Kier molecular flexibility index (Phi) is 4.70. The minimum Gasteiger partial charge on any atom is -0.423 e. The number of esters is 1. The fraction of sp³-hybridized carbons (Fsp3) is 0.421. The van der Waals surface area contributed by atoms with Crippen molar-refractivity contribution in [3.63, 3.8) is 0 Å². The molecule has 0 amide bonds. The van der Waals surface area contributed by atoms with E-state index >= 15 is 0 Å². The van der Waals surface area contributed by atoms with Gasteiger partial charge in [-0.25, -0.2) is 9.97 Å². The molecule has 1 saturated carbocycles. The normalized spacial score (nSPS) is 21.0. The summed E-state index contributed by atoms with van der Waals surface area (Å²) >= 11 is 0. The maximum absolute atomic E-state index is 12.2. The molecule has 1 aliphatic rings. The molecule has 1 heterocycles. The van der Waals surface area contributed by atoms with Crippen LogP contribution in [-0.2, 0) is 4.79 Å². The zero-order chi connectivity index (χ0) is 16.2. The Hall–Kier alpha value is -2.23. The van der Waals surface area contributed by atoms with E-state index in [-0.39, 0.29) is 11.9 Å². The molecule has 3 rings (SSSR count). The zero-order valence-electron chi connectivity index (χ0n) is 13.7. The van der Waals surface area contributed by atoms with Crippen LogP contribution < -0.4 is 4.74 Å². The third-order valence-electron chi connectivity index (χ3n) is 4.51. The fourth-order valence-corrected chi connectivity index (χ4v) is 2.92. The molecule has 0 spiro atoms. The molecule has 4 nitrogen and oxygen atoms in total. The van der Waals surface area contributed by atoms with Crippen molar-refractivity contribution in [3.8, 4) is 17.1 Å². The van der Waals surface area contributed by atoms with Gasteiger partial charge in [0.2, 0.25) is 0 Å². The van der Waals surface area contributed by atoms with Gasteiger partial charge in [-0.05, 0) is 38.5 Å². The van der Waals surface area contributed by atoms with Gasteiger partial charge in [0.15, 0.2) is 11.6 Å². The number of hydrogen-bond donors (Lipinski definition) is 0. The second-order valence-corrected chi connectivity index (χ2v) is 6.49. The molecule has 120 valence electrons. The summed E-state index contributed by atoms with van der Waals surface area (Å²) in [7, 11) is 0. The summed E-state index contributed by atoms with van der Waals surface area (Å²) in [5.74, 6) is 1.64. The Labute approximate surface area is 136 Å². The van der Waals surface area contributed by atoms with Crippen molar-refractivity contribution < 1.29 is 9.53 Å². The molecule has 0 N–H and O–H groups in total. The largest absolute Gasteiger partial charge is 0.423 e. The molecular weight excluding hydrogens is 288 g/mol. The van der Waals surface area contributed by atoms with E-state index in [1.807, 2.05) is 31.2 Å². The van der Waals surface area contributed by atoms with E-state index in [0.29, 0.717) is 11.6 Å². The third-order valence-corrected chi connectivity index (χ3v) is 4.51. The van der Waals surface area contributed by atoms with E-state index in [1.165, 1.54) is 5.56 Å². The van der Waals surface area contributed by atoms with Crippen LogP contribution in [0.4, 0.5) is 0 Å². The fourth-order valence-electron chi connectivity index (χ4n) is 2.92. The monoisotopic (exact) mass is 310 g/mol. The molecule has 2 aromatic rings. The number of ether oxygens (including phenoxy) is 1. The van der Waals surface area contributed by atoms with Gasteiger partial charge in [-0.1, -0.05) is 36.8 Å². The minimum absolute atomic E-state index is 0.0166. The predicted octanol–water partition coefficient (Wildman–Crippen LogP) is 4.18. The Morgan fingerprint density at radius 3 is 2.26 bits per heavy atom. The van der Waals surface area contributed by atoms with Crippen LogP contribution in [0.2, 0.25) is 0 Å². The molecule has 4 heteroatoms. The number of rotatable bonds is 3. The lowest BCUT2D eigenvalue weighted by Gasteiger charge is -2.24. The first-order chi connectivity index (χ1) is 11.1. The summed E-state index contributed by atoms with van der Waals surface area (Å²) in [6.45, 7) is 4.28. The van der Waals surface area contributed by atoms with Crippen LogP contribution in [0.25, 0.3) is 11.4 Å². The molecule has 23 heavy (non-hydrogen) atoms.